The summed E-state index contributed by atoms with van der Waals surface area (Å²) in [5.74, 6) is 0. The van der Waals surface area contributed by atoms with Crippen molar-refractivity contribution in [3.8, 4) is 11.1 Å². The van der Waals surface area contributed by atoms with E-state index in [0.717, 1.165) is 5.56 Å². The van der Waals surface area contributed by atoms with Crippen molar-refractivity contribution in [3.63, 3.8) is 0 Å². The minimum Gasteiger partial charge on any atom is -0.350 e. The molecule has 0 aliphatic heterocycles. The van der Waals surface area contributed by atoms with Gasteiger partial charge in [0.05, 0.1) is 6.20 Å². The first kappa shape index (κ1) is 17.0. The van der Waals surface area contributed by atoms with Crippen LogP contribution in [0.3, 0.4) is 0 Å². The van der Waals surface area contributed by atoms with Crippen LogP contribution < -0.4 is 0 Å². The van der Waals surface area contributed by atoms with Gasteiger partial charge in [-0.1, -0.05) is 45.7 Å². The van der Waals surface area contributed by atoms with Crippen LogP contribution in [-0.4, -0.2) is 14.8 Å². The minimum absolute atomic E-state index is 1.14. The first-order valence-electron chi connectivity index (χ1n) is 7.72. The average Bonchev–Trinajstić information content (AvgIpc) is 3.10. The second-order valence-corrected chi connectivity index (χ2v) is 4.87. The molecule has 3 nitrogen and oxygen atoms in total. The summed E-state index contributed by atoms with van der Waals surface area (Å²) in [5, 5.41) is 8.14. The Hall–Kier alpha value is -2.03. The number of nitrogens with zero attached hydrogens (tertiary/aromatic N) is 2. The van der Waals surface area contributed by atoms with Gasteiger partial charge in [-0.15, -0.1) is 0 Å². The third kappa shape index (κ3) is 3.97. The van der Waals surface area contributed by atoms with E-state index in [4.69, 9.17) is 0 Å². The Bertz CT molecular complexity index is 648. The second-order valence-electron chi connectivity index (χ2n) is 4.87. The standard InChI is InChI=1S/C13H13N3.C3H8.C2H6/c1-9-3-4-13-11(5-9)12(8-16(13)2)10-6-14-15-7-10;1-3-2;1-2/h3-8H,1-2H3,(H,14,15);3H2,1-2H3;1-2H3. The SMILES string of the molecule is CC.CCC.Cc1ccc2c(c1)c(-c1cn[nH]c1)cn2C. The van der Waals surface area contributed by atoms with Gasteiger partial charge in [-0.3, -0.25) is 5.10 Å². The number of aryl methyl sites for hydroxylation is 2. The summed E-state index contributed by atoms with van der Waals surface area (Å²) in [7, 11) is 2.07. The molecule has 3 rings (SSSR count). The highest BCUT2D eigenvalue weighted by Crippen LogP contribution is 2.29. The van der Waals surface area contributed by atoms with E-state index in [2.05, 4.69) is 67.0 Å². The first-order chi connectivity index (χ1) is 10.2. The molecule has 1 aromatic carbocycles. The normalized spacial score (nSPS) is 9.62. The molecule has 0 atom stereocenters. The molecule has 0 saturated heterocycles. The van der Waals surface area contributed by atoms with Crippen molar-refractivity contribution in [1.29, 1.82) is 0 Å². The van der Waals surface area contributed by atoms with E-state index < -0.39 is 0 Å². The largest absolute Gasteiger partial charge is 0.350 e. The maximum Gasteiger partial charge on any atom is 0.0566 e. The monoisotopic (exact) mass is 285 g/mol. The highest BCUT2D eigenvalue weighted by molar-refractivity contribution is 5.96. The Morgan fingerprint density at radius 3 is 2.43 bits per heavy atom. The molecule has 3 heteroatoms. The highest BCUT2D eigenvalue weighted by Gasteiger charge is 2.08. The summed E-state index contributed by atoms with van der Waals surface area (Å²) >= 11 is 0. The van der Waals surface area contributed by atoms with Crippen molar-refractivity contribution in [2.24, 2.45) is 7.05 Å². The minimum atomic E-state index is 1.14. The van der Waals surface area contributed by atoms with Crippen molar-refractivity contribution in [1.82, 2.24) is 14.8 Å². The Morgan fingerprint density at radius 2 is 1.86 bits per heavy atom. The van der Waals surface area contributed by atoms with E-state index in [1.807, 2.05) is 26.2 Å². The molecule has 0 fully saturated rings. The lowest BCUT2D eigenvalue weighted by Gasteiger charge is -1.97. The first-order valence-corrected chi connectivity index (χ1v) is 7.72. The van der Waals surface area contributed by atoms with Gasteiger partial charge in [0.25, 0.3) is 0 Å². The summed E-state index contributed by atoms with van der Waals surface area (Å²) in [6.45, 7) is 10.4. The molecule has 0 aliphatic rings. The zero-order valence-corrected chi connectivity index (χ0v) is 14.1. The Kier molecular flexibility index (Phi) is 6.73. The number of aromatic amines is 1. The quantitative estimate of drug-likeness (QED) is 0.645. The fourth-order valence-corrected chi connectivity index (χ4v) is 2.13. The van der Waals surface area contributed by atoms with Gasteiger partial charge in [0, 0.05) is 41.5 Å². The van der Waals surface area contributed by atoms with Crippen molar-refractivity contribution in [2.75, 3.05) is 0 Å². The van der Waals surface area contributed by atoms with Crippen LogP contribution in [0.2, 0.25) is 0 Å². The zero-order valence-electron chi connectivity index (χ0n) is 14.1. The van der Waals surface area contributed by atoms with Crippen molar-refractivity contribution >= 4 is 10.9 Å². The van der Waals surface area contributed by atoms with Gasteiger partial charge in [-0.2, -0.15) is 5.10 Å². The Morgan fingerprint density at radius 1 is 1.19 bits per heavy atom. The number of benzene rings is 1. The van der Waals surface area contributed by atoms with Crippen molar-refractivity contribution in [3.05, 3.63) is 42.4 Å². The molecule has 0 unspecified atom stereocenters. The molecule has 0 amide bonds. The smallest absolute Gasteiger partial charge is 0.0566 e. The van der Waals surface area contributed by atoms with Crippen LogP contribution in [0.4, 0.5) is 0 Å². The molecule has 3 aromatic rings. The van der Waals surface area contributed by atoms with Crippen LogP contribution in [0.15, 0.2) is 36.8 Å². The summed E-state index contributed by atoms with van der Waals surface area (Å²) in [4.78, 5) is 0. The molecule has 0 aliphatic carbocycles. The maximum absolute atomic E-state index is 4.00. The summed E-state index contributed by atoms with van der Waals surface area (Å²) in [5.41, 5.74) is 4.90. The van der Waals surface area contributed by atoms with E-state index in [-0.39, 0.29) is 0 Å². The van der Waals surface area contributed by atoms with Gasteiger partial charge >= 0.3 is 0 Å². The van der Waals surface area contributed by atoms with Gasteiger partial charge in [-0.05, 0) is 19.1 Å². The summed E-state index contributed by atoms with van der Waals surface area (Å²) < 4.78 is 2.15. The third-order valence-corrected chi connectivity index (χ3v) is 2.95. The van der Waals surface area contributed by atoms with Gasteiger partial charge < -0.3 is 4.57 Å². The van der Waals surface area contributed by atoms with E-state index in [1.165, 1.54) is 28.5 Å². The number of H-pyrrole nitrogens is 1. The predicted molar refractivity (Wildman–Crippen MR) is 92.6 cm³/mol. The van der Waals surface area contributed by atoms with Gasteiger partial charge in [0.2, 0.25) is 0 Å². The Labute approximate surface area is 128 Å². The maximum atomic E-state index is 4.00. The molecule has 0 bridgehead atoms. The highest BCUT2D eigenvalue weighted by atomic mass is 15.1. The van der Waals surface area contributed by atoms with Crippen LogP contribution in [0.1, 0.15) is 39.7 Å². The number of rotatable bonds is 1. The lowest BCUT2D eigenvalue weighted by molar-refractivity contribution is 0.970. The summed E-state index contributed by atoms with van der Waals surface area (Å²) in [6, 6.07) is 6.52. The lowest BCUT2D eigenvalue weighted by atomic mass is 10.1. The number of hydrogen-bond acceptors (Lipinski definition) is 1. The predicted octanol–water partition coefficient (Wildman–Crippen LogP) is 5.32. The van der Waals surface area contributed by atoms with Gasteiger partial charge in [0.15, 0.2) is 0 Å². The molecular weight excluding hydrogens is 258 g/mol. The average molecular weight is 285 g/mol. The molecule has 1 N–H and O–H groups in total. The topological polar surface area (TPSA) is 33.6 Å². The zero-order chi connectivity index (χ0) is 15.8. The van der Waals surface area contributed by atoms with Crippen molar-refractivity contribution < 1.29 is 0 Å². The van der Waals surface area contributed by atoms with Crippen LogP contribution >= 0.6 is 0 Å². The molecule has 0 spiro atoms. The van der Waals surface area contributed by atoms with Crippen LogP contribution in [0, 0.1) is 6.92 Å². The van der Waals surface area contributed by atoms with E-state index >= 15 is 0 Å². The van der Waals surface area contributed by atoms with Crippen LogP contribution in [-0.2, 0) is 7.05 Å². The number of fused-ring (bicyclic) bond motifs is 1. The molecule has 114 valence electrons. The molecule has 2 aromatic heterocycles. The molecular formula is C18H27N3. The molecule has 0 radical (unpaired) electrons. The fraction of sp³-hybridized carbons (Fsp3) is 0.389. The van der Waals surface area contributed by atoms with E-state index in [1.54, 1.807) is 0 Å². The van der Waals surface area contributed by atoms with Gasteiger partial charge in [-0.25, -0.2) is 0 Å². The van der Waals surface area contributed by atoms with E-state index in [0.29, 0.717) is 0 Å². The molecule has 2 heterocycles. The fourth-order valence-electron chi connectivity index (χ4n) is 2.13. The van der Waals surface area contributed by atoms with Crippen LogP contribution in [0.25, 0.3) is 22.0 Å². The molecule has 21 heavy (non-hydrogen) atoms. The summed E-state index contributed by atoms with van der Waals surface area (Å²) in [6.07, 6.45) is 7.18. The van der Waals surface area contributed by atoms with Gasteiger partial charge in [0.1, 0.15) is 0 Å². The number of hydrogen-bond donors (Lipinski definition) is 1. The van der Waals surface area contributed by atoms with E-state index in [9.17, 15) is 0 Å². The van der Waals surface area contributed by atoms with Crippen LogP contribution in [0.5, 0.6) is 0 Å². The third-order valence-electron chi connectivity index (χ3n) is 2.95. The molecule has 0 saturated carbocycles. The number of aromatic nitrogens is 3. The Balaban J connectivity index is 0.000000395. The number of nitrogens with one attached hydrogen (secondary N) is 1. The second kappa shape index (κ2) is 8.30. The van der Waals surface area contributed by atoms with Crippen molar-refractivity contribution in [2.45, 2.75) is 41.0 Å². The lowest BCUT2D eigenvalue weighted by Crippen LogP contribution is -1.82.